The fourth-order valence-corrected chi connectivity index (χ4v) is 2.53. The van der Waals surface area contributed by atoms with Crippen molar-refractivity contribution in [2.45, 2.75) is 31.4 Å². The minimum Gasteiger partial charge on any atom is -0.481 e. The summed E-state index contributed by atoms with van der Waals surface area (Å²) in [6.07, 6.45) is 0.177. The number of nitrogens with zero attached hydrogens (tertiary/aromatic N) is 2. The number of benzene rings is 1. The molecule has 1 N–H and O–H groups in total. The molecule has 21 heavy (non-hydrogen) atoms. The van der Waals surface area contributed by atoms with Crippen LogP contribution in [0, 0.1) is 0 Å². The maximum Gasteiger partial charge on any atom is 0.314 e. The van der Waals surface area contributed by atoms with Gasteiger partial charge < -0.3 is 9.63 Å². The molecule has 6 heteroatoms. The van der Waals surface area contributed by atoms with Crippen LogP contribution < -0.4 is 0 Å². The van der Waals surface area contributed by atoms with Crippen LogP contribution in [0.2, 0.25) is 0 Å². The van der Waals surface area contributed by atoms with Crippen LogP contribution in [-0.4, -0.2) is 27.0 Å². The Morgan fingerprint density at radius 3 is 2.71 bits per heavy atom. The summed E-state index contributed by atoms with van der Waals surface area (Å²) >= 11 is 1.69. The zero-order chi connectivity index (χ0) is 15.3. The number of carboxylic acids is 1. The first kappa shape index (κ1) is 15.6. The quantitative estimate of drug-likeness (QED) is 0.847. The smallest absolute Gasteiger partial charge is 0.314 e. The van der Waals surface area contributed by atoms with E-state index in [0.717, 1.165) is 11.3 Å². The third-order valence-corrected chi connectivity index (χ3v) is 4.20. The van der Waals surface area contributed by atoms with Crippen LogP contribution >= 0.6 is 11.8 Å². The molecule has 0 aliphatic carbocycles. The van der Waals surface area contributed by atoms with Gasteiger partial charge in [-0.05, 0) is 18.2 Å². The number of hydrogen-bond acceptors (Lipinski definition) is 5. The highest BCUT2D eigenvalue weighted by Gasteiger charge is 2.37. The van der Waals surface area contributed by atoms with E-state index in [0.29, 0.717) is 17.5 Å². The highest BCUT2D eigenvalue weighted by molar-refractivity contribution is 7.98. The number of carbonyl (C=O) groups is 1. The molecule has 1 heterocycles. The lowest BCUT2D eigenvalue weighted by molar-refractivity contribution is -0.143. The molecule has 5 nitrogen and oxygen atoms in total. The highest BCUT2D eigenvalue weighted by Crippen LogP contribution is 2.28. The van der Waals surface area contributed by atoms with Crippen molar-refractivity contribution in [3.8, 4) is 0 Å². The van der Waals surface area contributed by atoms with E-state index >= 15 is 0 Å². The largest absolute Gasteiger partial charge is 0.481 e. The summed E-state index contributed by atoms with van der Waals surface area (Å²) in [6, 6.07) is 9.12. The zero-order valence-corrected chi connectivity index (χ0v) is 12.9. The summed E-state index contributed by atoms with van der Waals surface area (Å²) in [6.45, 7) is 3.73. The molecule has 0 amide bonds. The molecule has 1 aromatic carbocycles. The number of aromatic nitrogens is 2. The first-order chi connectivity index (χ1) is 10.1. The molecule has 0 aliphatic heterocycles. The molecule has 0 spiro atoms. The predicted octanol–water partition coefficient (Wildman–Crippen LogP) is 2.91. The molecular weight excluding hydrogens is 288 g/mol. The Labute approximate surface area is 127 Å². The van der Waals surface area contributed by atoms with Crippen LogP contribution in [0.15, 0.2) is 34.9 Å². The molecule has 2 aromatic rings. The maximum absolute atomic E-state index is 11.7. The molecule has 0 saturated heterocycles. The fourth-order valence-electron chi connectivity index (χ4n) is 2.02. The molecule has 0 aliphatic rings. The highest BCUT2D eigenvalue weighted by atomic mass is 32.2. The number of carboxylic acid groups (broad SMARTS) is 1. The second kappa shape index (κ2) is 6.76. The third-order valence-electron chi connectivity index (χ3n) is 3.33. The Balaban J connectivity index is 2.21. The minimum atomic E-state index is -1.08. The molecular formula is C15H18N2O3S. The van der Waals surface area contributed by atoms with E-state index < -0.39 is 11.4 Å². The number of hydrogen-bond donors (Lipinski definition) is 1. The van der Waals surface area contributed by atoms with Gasteiger partial charge in [-0.25, -0.2) is 0 Å². The van der Waals surface area contributed by atoms with E-state index in [1.54, 1.807) is 30.8 Å². The molecule has 0 saturated carbocycles. The summed E-state index contributed by atoms with van der Waals surface area (Å²) in [5.74, 6) is 1.71. The van der Waals surface area contributed by atoms with Crippen molar-refractivity contribution in [2.75, 3.05) is 5.75 Å². The van der Waals surface area contributed by atoms with Crippen LogP contribution in [0.1, 0.15) is 31.1 Å². The lowest BCUT2D eigenvalue weighted by Gasteiger charge is -2.23. The van der Waals surface area contributed by atoms with E-state index in [2.05, 4.69) is 17.1 Å². The van der Waals surface area contributed by atoms with E-state index in [1.165, 1.54) is 0 Å². The summed E-state index contributed by atoms with van der Waals surface area (Å²) in [5, 5.41) is 13.5. The maximum atomic E-state index is 11.7. The second-order valence-electron chi connectivity index (χ2n) is 4.92. The molecule has 0 fully saturated rings. The lowest BCUT2D eigenvalue weighted by atomic mass is 9.79. The SMILES string of the molecule is CCSCc1noc(CC(C)(C(=O)O)c2ccccc2)n1. The van der Waals surface area contributed by atoms with E-state index in [-0.39, 0.29) is 6.42 Å². The molecule has 1 aromatic heterocycles. The van der Waals surface area contributed by atoms with Crippen molar-refractivity contribution >= 4 is 17.7 Å². The van der Waals surface area contributed by atoms with Gasteiger partial charge >= 0.3 is 5.97 Å². The Kier molecular flexibility index (Phi) is 5.01. The fraction of sp³-hybridized carbons (Fsp3) is 0.400. The van der Waals surface area contributed by atoms with Crippen molar-refractivity contribution < 1.29 is 14.4 Å². The van der Waals surface area contributed by atoms with Crippen LogP contribution in [0.3, 0.4) is 0 Å². The molecule has 0 radical (unpaired) electrons. The molecule has 112 valence electrons. The van der Waals surface area contributed by atoms with Crippen molar-refractivity contribution in [3.05, 3.63) is 47.6 Å². The van der Waals surface area contributed by atoms with Crippen LogP contribution in [0.25, 0.3) is 0 Å². The standard InChI is InChI=1S/C15H18N2O3S/c1-3-21-10-12-16-13(20-17-12)9-15(2,14(18)19)11-7-5-4-6-8-11/h4-8H,3,9-10H2,1-2H3,(H,18,19). The normalized spacial score (nSPS) is 13.8. The Morgan fingerprint density at radius 2 is 2.10 bits per heavy atom. The Bertz CT molecular complexity index is 600. The van der Waals surface area contributed by atoms with Gasteiger partial charge in [0.2, 0.25) is 5.89 Å². The predicted molar refractivity (Wildman–Crippen MR) is 81.3 cm³/mol. The summed E-state index contributed by atoms with van der Waals surface area (Å²) in [5.41, 5.74) is -0.358. The zero-order valence-electron chi connectivity index (χ0n) is 12.1. The molecule has 0 bridgehead atoms. The van der Waals surface area contributed by atoms with E-state index in [9.17, 15) is 9.90 Å². The Morgan fingerprint density at radius 1 is 1.38 bits per heavy atom. The average Bonchev–Trinajstić information content (AvgIpc) is 2.93. The van der Waals surface area contributed by atoms with Gasteiger partial charge in [0.25, 0.3) is 0 Å². The van der Waals surface area contributed by atoms with Crippen molar-refractivity contribution in [2.24, 2.45) is 0 Å². The molecule has 1 atom stereocenters. The van der Waals surface area contributed by atoms with E-state index in [1.807, 2.05) is 18.2 Å². The Hall–Kier alpha value is -1.82. The number of aliphatic carboxylic acids is 1. The lowest BCUT2D eigenvalue weighted by Crippen LogP contribution is -2.34. The van der Waals surface area contributed by atoms with Crippen LogP contribution in [0.5, 0.6) is 0 Å². The summed E-state index contributed by atoms with van der Waals surface area (Å²) < 4.78 is 5.19. The first-order valence-corrected chi connectivity index (χ1v) is 7.90. The van der Waals surface area contributed by atoms with Crippen molar-refractivity contribution in [1.29, 1.82) is 0 Å². The molecule has 2 rings (SSSR count). The van der Waals surface area contributed by atoms with Gasteiger partial charge in [0, 0.05) is 6.42 Å². The monoisotopic (exact) mass is 306 g/mol. The van der Waals surface area contributed by atoms with Gasteiger partial charge in [-0.15, -0.1) is 0 Å². The number of rotatable bonds is 7. The summed E-state index contributed by atoms with van der Waals surface area (Å²) in [4.78, 5) is 16.0. The van der Waals surface area contributed by atoms with Gasteiger partial charge in [-0.3, -0.25) is 4.79 Å². The first-order valence-electron chi connectivity index (χ1n) is 6.74. The minimum absolute atomic E-state index is 0.177. The summed E-state index contributed by atoms with van der Waals surface area (Å²) in [7, 11) is 0. The number of thioether (sulfide) groups is 1. The average molecular weight is 306 g/mol. The van der Waals surface area contributed by atoms with Crippen molar-refractivity contribution in [1.82, 2.24) is 10.1 Å². The molecule has 1 unspecified atom stereocenters. The van der Waals surface area contributed by atoms with E-state index in [4.69, 9.17) is 4.52 Å². The van der Waals surface area contributed by atoms with Crippen LogP contribution in [-0.2, 0) is 22.4 Å². The third kappa shape index (κ3) is 3.64. The van der Waals surface area contributed by atoms with Gasteiger partial charge in [-0.2, -0.15) is 16.7 Å². The topological polar surface area (TPSA) is 76.2 Å². The van der Waals surface area contributed by atoms with Gasteiger partial charge in [0.05, 0.1) is 11.2 Å². The van der Waals surface area contributed by atoms with Gasteiger partial charge in [-0.1, -0.05) is 42.4 Å². The van der Waals surface area contributed by atoms with Crippen molar-refractivity contribution in [3.63, 3.8) is 0 Å². The van der Waals surface area contributed by atoms with Gasteiger partial charge in [0.1, 0.15) is 0 Å². The van der Waals surface area contributed by atoms with Crippen LogP contribution in [0.4, 0.5) is 0 Å². The second-order valence-corrected chi connectivity index (χ2v) is 6.20. The van der Waals surface area contributed by atoms with Gasteiger partial charge in [0.15, 0.2) is 5.82 Å².